The molecule has 284 valence electrons. The molecule has 6 atom stereocenters. The number of rotatable bonds is 3. The van der Waals surface area contributed by atoms with E-state index in [4.69, 9.17) is 0 Å². The van der Waals surface area contributed by atoms with Crippen molar-refractivity contribution < 1.29 is 0 Å². The third kappa shape index (κ3) is 4.60. The van der Waals surface area contributed by atoms with E-state index >= 15 is 0 Å². The van der Waals surface area contributed by atoms with E-state index in [9.17, 15) is 5.26 Å². The number of hydrogen-bond acceptors (Lipinski definition) is 2. The molecule has 4 aromatic rings. The average molecular weight is 767 g/mol. The summed E-state index contributed by atoms with van der Waals surface area (Å²) in [5.74, 6) is 1.96. The van der Waals surface area contributed by atoms with Crippen LogP contribution in [0.25, 0.3) is 11.1 Å². The van der Waals surface area contributed by atoms with Gasteiger partial charge in [-0.1, -0.05) is 157 Å². The van der Waals surface area contributed by atoms with Gasteiger partial charge in [0.05, 0.1) is 17.3 Å². The lowest BCUT2D eigenvalue weighted by molar-refractivity contribution is 0.358. The van der Waals surface area contributed by atoms with Crippen LogP contribution in [0.4, 0.5) is 11.4 Å². The van der Waals surface area contributed by atoms with Crippen molar-refractivity contribution in [2.24, 2.45) is 29.6 Å². The Morgan fingerprint density at radius 2 is 1.60 bits per heavy atom. The minimum atomic E-state index is 0.0307. The van der Waals surface area contributed by atoms with Crippen LogP contribution in [0.1, 0.15) is 52.1 Å². The molecule has 13 rings (SSSR count). The summed E-state index contributed by atoms with van der Waals surface area (Å²) in [6, 6.07) is 36.3. The summed E-state index contributed by atoms with van der Waals surface area (Å²) in [4.78, 5) is 2.62. The second-order valence-corrected chi connectivity index (χ2v) is 18.2. The molecule has 0 bridgehead atoms. The Morgan fingerprint density at radius 3 is 2.42 bits per heavy atom. The number of benzene rings is 4. The van der Waals surface area contributed by atoms with Crippen molar-refractivity contribution in [1.82, 2.24) is 0 Å². The first-order valence-electron chi connectivity index (χ1n) is 21.9. The van der Waals surface area contributed by atoms with E-state index in [1.54, 1.807) is 0 Å². The zero-order chi connectivity index (χ0) is 39.8. The van der Waals surface area contributed by atoms with Gasteiger partial charge < -0.3 is 4.90 Å². The third-order valence-electron chi connectivity index (χ3n) is 15.3. The van der Waals surface area contributed by atoms with Gasteiger partial charge in [0.15, 0.2) is 0 Å². The molecule has 60 heavy (non-hydrogen) atoms. The van der Waals surface area contributed by atoms with E-state index in [-0.39, 0.29) is 24.5 Å². The highest BCUT2D eigenvalue weighted by Crippen LogP contribution is 2.61. The van der Waals surface area contributed by atoms with Gasteiger partial charge in [-0.05, 0) is 128 Å². The SMILES string of the molecule is Cc1cccc(C)c1N1C2=C(C=C3C(c4ccccc4)=C4C=CC=CC4C(c4ccccc4)C3C2)B2C3=CC4=CC=CC5CC=C6C=CC(=C3C6C45)c3cc(C#N)cc1c32. The normalized spacial score (nSPS) is 26.9. The molecule has 0 radical (unpaired) electrons. The molecular weight excluding hydrogens is 723 g/mol. The van der Waals surface area contributed by atoms with Crippen molar-refractivity contribution in [1.29, 1.82) is 5.26 Å². The molecule has 2 aliphatic heterocycles. The largest absolute Gasteiger partial charge is 0.315 e. The van der Waals surface area contributed by atoms with Crippen LogP contribution >= 0.6 is 0 Å². The van der Waals surface area contributed by atoms with Gasteiger partial charge in [-0.3, -0.25) is 0 Å². The Morgan fingerprint density at radius 1 is 0.783 bits per heavy atom. The average Bonchev–Trinajstić information content (AvgIpc) is 3.29. The lowest BCUT2D eigenvalue weighted by Gasteiger charge is -2.52. The lowest BCUT2D eigenvalue weighted by Crippen LogP contribution is -2.52. The lowest BCUT2D eigenvalue weighted by atomic mass is 9.27. The second-order valence-electron chi connectivity index (χ2n) is 18.2. The van der Waals surface area contributed by atoms with Crippen LogP contribution in [0.3, 0.4) is 0 Å². The highest BCUT2D eigenvalue weighted by atomic mass is 15.2. The van der Waals surface area contributed by atoms with Crippen molar-refractivity contribution in [3.63, 3.8) is 0 Å². The fraction of sp³-hybridized carbons (Fsp3) is 0.175. The fourth-order valence-corrected chi connectivity index (χ4v) is 13.1. The van der Waals surface area contributed by atoms with Crippen molar-refractivity contribution in [3.05, 3.63) is 242 Å². The van der Waals surface area contributed by atoms with Gasteiger partial charge in [0.25, 0.3) is 0 Å². The Balaban J connectivity index is 1.15. The molecule has 0 fully saturated rings. The number of nitrogens with zero attached hydrogens (tertiary/aromatic N) is 2. The standard InChI is InChI=1S/C57H43BN2/c1-33-13-11-14-34(2)57(33)60-49-31-45-44(52(36-15-5-3-6-16-36)41-21-9-10-22-42(41)53(45)37-17-7-4-8-18-37)30-47(49)58-48-29-40-20-12-19-38-23-24-39-25-26-43(55(48)54(39)51(38)40)46-27-35(32-59)28-50(60)56(46)58/h3-22,24-30,38,42,45,51,53-54H,23,31H2,1-2H3. The molecule has 0 amide bonds. The molecule has 2 nitrogen and oxygen atoms in total. The summed E-state index contributed by atoms with van der Waals surface area (Å²) >= 11 is 0. The molecule has 4 aromatic carbocycles. The Kier molecular flexibility index (Phi) is 7.25. The quantitative estimate of drug-likeness (QED) is 0.194. The number of allylic oxidation sites excluding steroid dienone is 22. The minimum absolute atomic E-state index is 0.0307. The summed E-state index contributed by atoms with van der Waals surface area (Å²) in [6.07, 6.45) is 31.1. The summed E-state index contributed by atoms with van der Waals surface area (Å²) in [6.45, 7) is 4.56. The number of para-hydroxylation sites is 1. The van der Waals surface area contributed by atoms with E-state index in [1.807, 2.05) is 0 Å². The minimum Gasteiger partial charge on any atom is -0.315 e. The Labute approximate surface area is 353 Å². The molecule has 7 aliphatic carbocycles. The van der Waals surface area contributed by atoms with Crippen LogP contribution in [0.15, 0.2) is 208 Å². The predicted octanol–water partition coefficient (Wildman–Crippen LogP) is 12.3. The van der Waals surface area contributed by atoms with Crippen molar-refractivity contribution >= 4 is 34.7 Å². The third-order valence-corrected chi connectivity index (χ3v) is 15.3. The highest BCUT2D eigenvalue weighted by Gasteiger charge is 2.54. The molecule has 0 aromatic heterocycles. The van der Waals surface area contributed by atoms with Crippen LogP contribution in [0, 0.1) is 54.8 Å². The van der Waals surface area contributed by atoms with Gasteiger partial charge >= 0.3 is 0 Å². The molecule has 9 aliphatic rings. The maximum atomic E-state index is 10.8. The second kappa shape index (κ2) is 12.7. The molecule has 2 heterocycles. The number of hydrogen-bond donors (Lipinski definition) is 0. The van der Waals surface area contributed by atoms with E-state index < -0.39 is 0 Å². The number of aryl methyl sites for hydroxylation is 2. The topological polar surface area (TPSA) is 27.0 Å². The summed E-state index contributed by atoms with van der Waals surface area (Å²) in [7, 11) is 0. The summed E-state index contributed by atoms with van der Waals surface area (Å²) < 4.78 is 0. The summed E-state index contributed by atoms with van der Waals surface area (Å²) in [5, 5.41) is 10.8. The van der Waals surface area contributed by atoms with Crippen molar-refractivity contribution in [2.75, 3.05) is 4.90 Å². The van der Waals surface area contributed by atoms with E-state index in [0.29, 0.717) is 17.8 Å². The molecule has 6 unspecified atom stereocenters. The molecule has 3 heteroatoms. The fourth-order valence-electron chi connectivity index (χ4n) is 13.1. The first-order valence-corrected chi connectivity index (χ1v) is 21.9. The monoisotopic (exact) mass is 766 g/mol. The Bertz CT molecular complexity index is 3020. The number of nitriles is 1. The molecular formula is C57H43BN2. The zero-order valence-electron chi connectivity index (χ0n) is 33.9. The predicted molar refractivity (Wildman–Crippen MR) is 247 cm³/mol. The van der Waals surface area contributed by atoms with Crippen molar-refractivity contribution in [3.8, 4) is 6.07 Å². The number of anilines is 2. The van der Waals surface area contributed by atoms with Crippen LogP contribution in [0.5, 0.6) is 0 Å². The van der Waals surface area contributed by atoms with Crippen LogP contribution in [-0.4, -0.2) is 6.71 Å². The van der Waals surface area contributed by atoms with E-state index in [2.05, 4.69) is 189 Å². The first kappa shape index (κ1) is 34.3. The molecule has 0 N–H and O–H groups in total. The maximum absolute atomic E-state index is 10.8. The smallest absolute Gasteiger partial charge is 0.247 e. The van der Waals surface area contributed by atoms with Crippen LogP contribution < -0.4 is 10.4 Å². The van der Waals surface area contributed by atoms with Gasteiger partial charge in [0.2, 0.25) is 6.71 Å². The molecule has 0 saturated carbocycles. The number of fused-ring (bicyclic) bond motifs is 5. The first-order chi connectivity index (χ1) is 29.6. The van der Waals surface area contributed by atoms with Crippen molar-refractivity contribution in [2.45, 2.75) is 32.6 Å². The zero-order valence-corrected chi connectivity index (χ0v) is 33.9. The molecule has 0 spiro atoms. The maximum Gasteiger partial charge on any atom is 0.247 e. The van der Waals surface area contributed by atoms with Crippen LogP contribution in [-0.2, 0) is 0 Å². The highest BCUT2D eigenvalue weighted by molar-refractivity contribution is 6.90. The van der Waals surface area contributed by atoms with E-state index in [1.165, 1.54) is 94.6 Å². The van der Waals surface area contributed by atoms with Gasteiger partial charge in [-0.25, -0.2) is 0 Å². The summed E-state index contributed by atoms with van der Waals surface area (Å²) in [5.41, 5.74) is 25.1. The Hall–Kier alpha value is -6.63. The van der Waals surface area contributed by atoms with Gasteiger partial charge in [0, 0.05) is 35.1 Å². The van der Waals surface area contributed by atoms with Gasteiger partial charge in [-0.2, -0.15) is 5.26 Å². The van der Waals surface area contributed by atoms with E-state index in [0.717, 1.165) is 24.1 Å². The molecule has 0 saturated heterocycles. The van der Waals surface area contributed by atoms with Gasteiger partial charge in [-0.15, -0.1) is 0 Å². The van der Waals surface area contributed by atoms with Crippen LogP contribution in [0.2, 0.25) is 0 Å². The van der Waals surface area contributed by atoms with Gasteiger partial charge in [0.1, 0.15) is 0 Å².